The monoisotopic (exact) mass is 321 g/mol. The van der Waals surface area contributed by atoms with Crippen molar-refractivity contribution in [2.24, 2.45) is 0 Å². The van der Waals surface area contributed by atoms with Gasteiger partial charge >= 0.3 is 0 Å². The summed E-state index contributed by atoms with van der Waals surface area (Å²) in [5.41, 5.74) is 3.23. The summed E-state index contributed by atoms with van der Waals surface area (Å²) in [4.78, 5) is 13.2. The molecule has 3 N–H and O–H groups in total. The van der Waals surface area contributed by atoms with Crippen molar-refractivity contribution in [3.8, 4) is 0 Å². The highest BCUT2D eigenvalue weighted by atomic mass is 79.9. The number of carbonyl (C=O) groups is 1. The van der Waals surface area contributed by atoms with Crippen LogP contribution in [0.4, 0.5) is 0 Å². The van der Waals surface area contributed by atoms with Crippen LogP contribution in [0.3, 0.4) is 0 Å². The molecule has 0 spiro atoms. The average Bonchev–Trinajstić information content (AvgIpc) is 2.40. The summed E-state index contributed by atoms with van der Waals surface area (Å²) in [5.74, 6) is -0.208. The summed E-state index contributed by atoms with van der Waals surface area (Å²) in [6.07, 6.45) is 4.13. The first-order valence-electron chi connectivity index (χ1n) is 5.55. The van der Waals surface area contributed by atoms with E-state index in [1.54, 1.807) is 0 Å². The number of amidine groups is 1. The van der Waals surface area contributed by atoms with E-state index in [2.05, 4.69) is 15.9 Å². The van der Waals surface area contributed by atoms with Crippen molar-refractivity contribution in [1.82, 2.24) is 10.4 Å². The maximum Gasteiger partial charge on any atom is 0.252 e. The van der Waals surface area contributed by atoms with E-state index in [4.69, 9.17) is 10.6 Å². The van der Waals surface area contributed by atoms with E-state index >= 15 is 0 Å². The molecule has 1 aromatic carbocycles. The molecule has 2 rings (SSSR count). The molecular formula is C13H12BrN3O2. The number of halogens is 1. The molecular weight excluding hydrogens is 310 g/mol. The summed E-state index contributed by atoms with van der Waals surface area (Å²) >= 11 is 3.42. The Hall–Kier alpha value is -1.92. The van der Waals surface area contributed by atoms with Crippen molar-refractivity contribution < 1.29 is 10.0 Å². The third-order valence-electron chi connectivity index (χ3n) is 2.72. The van der Waals surface area contributed by atoms with E-state index < -0.39 is 0 Å². The number of rotatable bonds is 3. The third-order valence-corrected chi connectivity index (χ3v) is 3.49. The molecule has 0 atom stereocenters. The van der Waals surface area contributed by atoms with Gasteiger partial charge in [-0.05, 0) is 17.7 Å². The maximum absolute atomic E-state index is 11.8. The van der Waals surface area contributed by atoms with E-state index in [1.165, 1.54) is 23.3 Å². The van der Waals surface area contributed by atoms with Gasteiger partial charge in [0.2, 0.25) is 0 Å². The molecule has 5 nitrogen and oxygen atoms in total. The summed E-state index contributed by atoms with van der Waals surface area (Å²) in [7, 11) is 0. The van der Waals surface area contributed by atoms with Crippen LogP contribution in [-0.4, -0.2) is 21.8 Å². The Bertz CT molecular complexity index is 581. The summed E-state index contributed by atoms with van der Waals surface area (Å²) < 4.78 is 0.885. The largest absolute Gasteiger partial charge is 0.292 e. The Morgan fingerprint density at radius 3 is 2.79 bits per heavy atom. The van der Waals surface area contributed by atoms with Crippen LogP contribution in [0.15, 0.2) is 52.7 Å². The second-order valence-corrected chi connectivity index (χ2v) is 4.78. The number of amides is 1. The lowest BCUT2D eigenvalue weighted by Gasteiger charge is -2.26. The first kappa shape index (κ1) is 13.5. The Morgan fingerprint density at radius 2 is 2.11 bits per heavy atom. The van der Waals surface area contributed by atoms with Crippen molar-refractivity contribution in [1.29, 1.82) is 5.41 Å². The molecule has 1 aromatic rings. The molecule has 19 heavy (non-hydrogen) atoms. The lowest BCUT2D eigenvalue weighted by molar-refractivity contribution is -0.123. The fourth-order valence-electron chi connectivity index (χ4n) is 1.74. The standard InChI is InChI=1S/C13H12BrN3O2/c14-11-4-2-1-3-10(11)8-17-12(18)6-5-9(7-16-19)13(17)15/h1-7,15-16,19H,8H2/b9-7-,15-13?. The van der Waals surface area contributed by atoms with Crippen LogP contribution >= 0.6 is 15.9 Å². The first-order valence-corrected chi connectivity index (χ1v) is 6.34. The molecule has 0 unspecified atom stereocenters. The molecule has 0 radical (unpaired) electrons. The zero-order chi connectivity index (χ0) is 13.8. The smallest absolute Gasteiger partial charge is 0.252 e. The highest BCUT2D eigenvalue weighted by Crippen LogP contribution is 2.21. The molecule has 6 heteroatoms. The molecule has 0 aromatic heterocycles. The highest BCUT2D eigenvalue weighted by molar-refractivity contribution is 9.10. The van der Waals surface area contributed by atoms with Gasteiger partial charge in [-0.15, -0.1) is 0 Å². The molecule has 1 aliphatic rings. The minimum Gasteiger partial charge on any atom is -0.292 e. The maximum atomic E-state index is 11.8. The van der Waals surface area contributed by atoms with Crippen molar-refractivity contribution in [3.63, 3.8) is 0 Å². The Kier molecular flexibility index (Phi) is 4.13. The predicted octanol–water partition coefficient (Wildman–Crippen LogP) is 2.19. The van der Waals surface area contributed by atoms with Gasteiger partial charge in [0.05, 0.1) is 6.54 Å². The van der Waals surface area contributed by atoms with Crippen LogP contribution in [0, 0.1) is 5.41 Å². The van der Waals surface area contributed by atoms with E-state index in [0.29, 0.717) is 12.1 Å². The number of nitrogens with one attached hydrogen (secondary N) is 2. The van der Waals surface area contributed by atoms with Crippen LogP contribution < -0.4 is 5.48 Å². The zero-order valence-electron chi connectivity index (χ0n) is 9.93. The van der Waals surface area contributed by atoms with Crippen LogP contribution in [-0.2, 0) is 11.3 Å². The third kappa shape index (κ3) is 2.91. The predicted molar refractivity (Wildman–Crippen MR) is 74.6 cm³/mol. The minimum atomic E-state index is -0.254. The Morgan fingerprint density at radius 1 is 1.37 bits per heavy atom. The van der Waals surface area contributed by atoms with Gasteiger partial charge in [-0.2, -0.15) is 0 Å². The Balaban J connectivity index is 2.27. The van der Waals surface area contributed by atoms with Gasteiger partial charge in [0.1, 0.15) is 5.84 Å². The Labute approximate surface area is 118 Å². The molecule has 0 fully saturated rings. The number of nitrogens with zero attached hydrogens (tertiary/aromatic N) is 1. The normalized spacial score (nSPS) is 17.2. The molecule has 1 amide bonds. The number of benzene rings is 1. The van der Waals surface area contributed by atoms with E-state index in [0.717, 1.165) is 10.0 Å². The highest BCUT2D eigenvalue weighted by Gasteiger charge is 2.23. The minimum absolute atomic E-state index is 0.0461. The molecule has 1 heterocycles. The van der Waals surface area contributed by atoms with E-state index in [1.807, 2.05) is 29.7 Å². The topological polar surface area (TPSA) is 76.4 Å². The van der Waals surface area contributed by atoms with Crippen LogP contribution in [0.2, 0.25) is 0 Å². The zero-order valence-corrected chi connectivity index (χ0v) is 11.5. The summed E-state index contributed by atoms with van der Waals surface area (Å²) in [6, 6.07) is 7.53. The van der Waals surface area contributed by atoms with E-state index in [9.17, 15) is 4.79 Å². The van der Waals surface area contributed by atoms with Gasteiger partial charge in [-0.25, -0.2) is 0 Å². The first-order chi connectivity index (χ1) is 9.13. The van der Waals surface area contributed by atoms with Gasteiger partial charge in [0, 0.05) is 22.3 Å². The van der Waals surface area contributed by atoms with Crippen molar-refractivity contribution in [2.75, 3.05) is 0 Å². The van der Waals surface area contributed by atoms with Crippen molar-refractivity contribution in [3.05, 3.63) is 58.2 Å². The van der Waals surface area contributed by atoms with Gasteiger partial charge in [0.25, 0.3) is 5.91 Å². The molecule has 0 saturated heterocycles. The van der Waals surface area contributed by atoms with Gasteiger partial charge in [-0.3, -0.25) is 25.8 Å². The van der Waals surface area contributed by atoms with Gasteiger partial charge < -0.3 is 0 Å². The number of hydrogen-bond acceptors (Lipinski definition) is 4. The fraction of sp³-hybridized carbons (Fsp3) is 0.0769. The van der Waals surface area contributed by atoms with Crippen LogP contribution in [0.25, 0.3) is 0 Å². The van der Waals surface area contributed by atoms with Crippen LogP contribution in [0.1, 0.15) is 5.56 Å². The van der Waals surface area contributed by atoms with Crippen LogP contribution in [0.5, 0.6) is 0 Å². The average molecular weight is 322 g/mol. The molecule has 98 valence electrons. The number of hydrogen-bond donors (Lipinski definition) is 3. The van der Waals surface area contributed by atoms with Gasteiger partial charge in [0.15, 0.2) is 0 Å². The lowest BCUT2D eigenvalue weighted by Crippen LogP contribution is -2.38. The second kappa shape index (κ2) is 5.81. The number of hydroxylamine groups is 1. The molecule has 0 aliphatic carbocycles. The van der Waals surface area contributed by atoms with Crippen molar-refractivity contribution in [2.45, 2.75) is 6.54 Å². The molecule has 0 saturated carbocycles. The quantitative estimate of drug-likeness (QED) is 0.747. The lowest BCUT2D eigenvalue weighted by atomic mass is 10.1. The van der Waals surface area contributed by atoms with Crippen molar-refractivity contribution >= 4 is 27.7 Å². The second-order valence-electron chi connectivity index (χ2n) is 3.93. The molecule has 0 bridgehead atoms. The molecule has 1 aliphatic heterocycles. The van der Waals surface area contributed by atoms with Gasteiger partial charge in [-0.1, -0.05) is 34.1 Å². The SMILES string of the molecule is N=C1/C(=C\NO)C=CC(=O)N1Cc1ccccc1Br. The summed E-state index contributed by atoms with van der Waals surface area (Å²) in [5, 5.41) is 16.6. The fourth-order valence-corrected chi connectivity index (χ4v) is 2.15. The van der Waals surface area contributed by atoms with E-state index in [-0.39, 0.29) is 11.7 Å². The number of carbonyl (C=O) groups excluding carboxylic acids is 1. The summed E-state index contributed by atoms with van der Waals surface area (Å²) in [6.45, 7) is 0.298.